The third-order valence-corrected chi connectivity index (χ3v) is 7.71. The van der Waals surface area contributed by atoms with Gasteiger partial charge in [-0.3, -0.25) is 9.78 Å². The van der Waals surface area contributed by atoms with Crippen LogP contribution >= 0.6 is 0 Å². The lowest BCUT2D eigenvalue weighted by atomic mass is 9.90. The first-order chi connectivity index (χ1) is 15.7. The monoisotopic (exact) mass is 475 g/mol. The molecule has 1 aliphatic rings. The number of benzene rings is 1. The molecule has 1 N–H and O–H groups in total. The van der Waals surface area contributed by atoms with E-state index < -0.39 is 21.8 Å². The Balaban J connectivity index is 1.52. The van der Waals surface area contributed by atoms with Crippen LogP contribution in [-0.2, 0) is 21.4 Å². The standard InChI is InChI=1S/C23H26FN3O5S/c1-15(2)32-22-4-3-17(11-20(22)24)33(30,31)27-9-6-16(7-10-27)19-13-26(14-23(28)29)21-12-25-8-5-18(19)21/h3-5,8,11-13,15-16H,6-7,9-10,14H2,1-2H3,(H,28,29). The number of pyridine rings is 1. The van der Waals surface area contributed by atoms with Crippen LogP contribution in [0.2, 0.25) is 0 Å². The molecule has 3 aromatic rings. The van der Waals surface area contributed by atoms with Gasteiger partial charge >= 0.3 is 5.97 Å². The van der Waals surface area contributed by atoms with Crippen molar-refractivity contribution in [1.82, 2.24) is 13.9 Å². The SMILES string of the molecule is CC(C)Oc1ccc(S(=O)(=O)N2CCC(c3cn(CC(=O)O)c4cnccc34)CC2)cc1F. The van der Waals surface area contributed by atoms with E-state index in [0.29, 0.717) is 12.8 Å². The molecule has 1 aliphatic heterocycles. The summed E-state index contributed by atoms with van der Waals surface area (Å²) in [7, 11) is -3.84. The molecule has 176 valence electrons. The van der Waals surface area contributed by atoms with E-state index in [1.165, 1.54) is 16.4 Å². The van der Waals surface area contributed by atoms with Gasteiger partial charge in [-0.1, -0.05) is 0 Å². The molecule has 4 rings (SSSR count). The number of carboxylic acid groups (broad SMARTS) is 1. The molecule has 0 spiro atoms. The Morgan fingerprint density at radius 3 is 2.64 bits per heavy atom. The number of fused-ring (bicyclic) bond motifs is 1. The number of rotatable bonds is 7. The van der Waals surface area contributed by atoms with Crippen LogP contribution in [0.5, 0.6) is 5.75 Å². The van der Waals surface area contributed by atoms with Gasteiger partial charge in [0.25, 0.3) is 0 Å². The number of ether oxygens (including phenoxy) is 1. The molecule has 1 saturated heterocycles. The second kappa shape index (κ2) is 9.11. The summed E-state index contributed by atoms with van der Waals surface area (Å²) >= 11 is 0. The molecule has 0 aliphatic carbocycles. The fourth-order valence-corrected chi connectivity index (χ4v) is 5.80. The molecule has 0 bridgehead atoms. The van der Waals surface area contributed by atoms with E-state index in [1.807, 2.05) is 12.3 Å². The first-order valence-electron chi connectivity index (χ1n) is 10.8. The first kappa shape index (κ1) is 23.2. The van der Waals surface area contributed by atoms with Gasteiger partial charge in [-0.2, -0.15) is 4.31 Å². The number of halogens is 1. The lowest BCUT2D eigenvalue weighted by Gasteiger charge is -2.31. The van der Waals surface area contributed by atoms with E-state index in [1.54, 1.807) is 30.8 Å². The fraction of sp³-hybridized carbons (Fsp3) is 0.391. The topological polar surface area (TPSA) is 102 Å². The highest BCUT2D eigenvalue weighted by Crippen LogP contribution is 2.36. The van der Waals surface area contributed by atoms with Gasteiger partial charge in [-0.25, -0.2) is 12.8 Å². The Labute approximate surface area is 191 Å². The van der Waals surface area contributed by atoms with Crippen molar-refractivity contribution in [2.75, 3.05) is 13.1 Å². The van der Waals surface area contributed by atoms with E-state index >= 15 is 0 Å². The van der Waals surface area contributed by atoms with Gasteiger partial charge in [-0.15, -0.1) is 0 Å². The molecule has 10 heteroatoms. The van der Waals surface area contributed by atoms with Gasteiger partial charge in [-0.05, 0) is 62.4 Å². The summed E-state index contributed by atoms with van der Waals surface area (Å²) < 4.78 is 49.0. The molecule has 0 atom stereocenters. The average Bonchev–Trinajstić information content (AvgIpc) is 3.13. The molecular weight excluding hydrogens is 449 g/mol. The van der Waals surface area contributed by atoms with Crippen molar-refractivity contribution < 1.29 is 27.4 Å². The third kappa shape index (κ3) is 4.72. The van der Waals surface area contributed by atoms with Crippen LogP contribution < -0.4 is 4.74 Å². The highest BCUT2D eigenvalue weighted by Gasteiger charge is 2.32. The van der Waals surface area contributed by atoms with E-state index in [0.717, 1.165) is 22.5 Å². The van der Waals surface area contributed by atoms with Crippen molar-refractivity contribution in [1.29, 1.82) is 0 Å². The molecule has 0 radical (unpaired) electrons. The summed E-state index contributed by atoms with van der Waals surface area (Å²) in [5, 5.41) is 10.1. The second-order valence-electron chi connectivity index (χ2n) is 8.44. The van der Waals surface area contributed by atoms with E-state index in [9.17, 15) is 22.7 Å². The molecule has 3 heterocycles. The maximum Gasteiger partial charge on any atom is 0.323 e. The van der Waals surface area contributed by atoms with Crippen molar-refractivity contribution in [3.63, 3.8) is 0 Å². The average molecular weight is 476 g/mol. The Morgan fingerprint density at radius 1 is 1.27 bits per heavy atom. The molecule has 33 heavy (non-hydrogen) atoms. The van der Waals surface area contributed by atoms with Crippen LogP contribution in [0.4, 0.5) is 4.39 Å². The normalized spacial score (nSPS) is 15.9. The number of sulfonamides is 1. The number of carbonyl (C=O) groups is 1. The van der Waals surface area contributed by atoms with E-state index in [-0.39, 0.29) is 42.3 Å². The highest BCUT2D eigenvalue weighted by molar-refractivity contribution is 7.89. The van der Waals surface area contributed by atoms with Gasteiger partial charge in [0.15, 0.2) is 11.6 Å². The zero-order chi connectivity index (χ0) is 23.8. The number of piperidine rings is 1. The number of hydrogen-bond donors (Lipinski definition) is 1. The zero-order valence-corrected chi connectivity index (χ0v) is 19.3. The van der Waals surface area contributed by atoms with Crippen molar-refractivity contribution in [3.8, 4) is 5.75 Å². The zero-order valence-electron chi connectivity index (χ0n) is 18.4. The summed E-state index contributed by atoms with van der Waals surface area (Å²) in [6, 6.07) is 5.58. The molecule has 2 aromatic heterocycles. The van der Waals surface area contributed by atoms with Gasteiger partial charge in [0.05, 0.1) is 22.7 Å². The quantitative estimate of drug-likeness (QED) is 0.560. The van der Waals surface area contributed by atoms with Gasteiger partial charge in [0.2, 0.25) is 10.0 Å². The van der Waals surface area contributed by atoms with Crippen molar-refractivity contribution in [2.24, 2.45) is 0 Å². The van der Waals surface area contributed by atoms with Gasteiger partial charge in [0.1, 0.15) is 6.54 Å². The van der Waals surface area contributed by atoms with Gasteiger partial charge in [0, 0.05) is 30.9 Å². The number of aliphatic carboxylic acids is 1. The Morgan fingerprint density at radius 2 is 2.00 bits per heavy atom. The summed E-state index contributed by atoms with van der Waals surface area (Å²) in [4.78, 5) is 15.2. The Bertz CT molecular complexity index is 1280. The van der Waals surface area contributed by atoms with Gasteiger partial charge < -0.3 is 14.4 Å². The van der Waals surface area contributed by atoms with Crippen LogP contribution in [-0.4, -0.2) is 52.5 Å². The summed E-state index contributed by atoms with van der Waals surface area (Å²) in [6.07, 6.45) is 6.06. The Hall–Kier alpha value is -2.98. The predicted molar refractivity (Wildman–Crippen MR) is 120 cm³/mol. The fourth-order valence-electron chi connectivity index (χ4n) is 4.32. The minimum Gasteiger partial charge on any atom is -0.488 e. The third-order valence-electron chi connectivity index (χ3n) is 5.82. The number of nitrogens with zero attached hydrogens (tertiary/aromatic N) is 3. The van der Waals surface area contributed by atoms with E-state index in [2.05, 4.69) is 4.98 Å². The van der Waals surface area contributed by atoms with Crippen molar-refractivity contribution >= 4 is 26.9 Å². The van der Waals surface area contributed by atoms with Crippen molar-refractivity contribution in [3.05, 3.63) is 54.2 Å². The summed E-state index contributed by atoms with van der Waals surface area (Å²) in [5.41, 5.74) is 1.73. The first-order valence-corrected chi connectivity index (χ1v) is 12.2. The number of carboxylic acids is 1. The smallest absolute Gasteiger partial charge is 0.323 e. The lowest BCUT2D eigenvalue weighted by molar-refractivity contribution is -0.137. The molecule has 8 nitrogen and oxygen atoms in total. The van der Waals surface area contributed by atoms with Crippen molar-refractivity contribution in [2.45, 2.75) is 50.2 Å². The summed E-state index contributed by atoms with van der Waals surface area (Å²) in [5.74, 6) is -1.55. The summed E-state index contributed by atoms with van der Waals surface area (Å²) in [6.45, 7) is 3.94. The van der Waals surface area contributed by atoms with Crippen LogP contribution in [0.1, 0.15) is 38.2 Å². The van der Waals surface area contributed by atoms with Crippen LogP contribution in [0.3, 0.4) is 0 Å². The Kier molecular flexibility index (Phi) is 6.40. The molecular formula is C23H26FN3O5S. The highest BCUT2D eigenvalue weighted by atomic mass is 32.2. The van der Waals surface area contributed by atoms with Crippen LogP contribution in [0.15, 0.2) is 47.8 Å². The predicted octanol–water partition coefficient (Wildman–Crippen LogP) is 3.62. The maximum absolute atomic E-state index is 14.4. The largest absolute Gasteiger partial charge is 0.488 e. The van der Waals surface area contributed by atoms with E-state index in [4.69, 9.17) is 4.74 Å². The molecule has 0 saturated carbocycles. The second-order valence-corrected chi connectivity index (χ2v) is 10.4. The van der Waals surface area contributed by atoms with Crippen LogP contribution in [0.25, 0.3) is 10.9 Å². The number of hydrogen-bond acceptors (Lipinski definition) is 5. The molecule has 1 aromatic carbocycles. The number of aromatic nitrogens is 2. The molecule has 1 fully saturated rings. The molecule has 0 amide bonds. The minimum absolute atomic E-state index is 0.0231. The minimum atomic E-state index is -3.84. The maximum atomic E-state index is 14.4. The lowest BCUT2D eigenvalue weighted by Crippen LogP contribution is -2.37. The van der Waals surface area contributed by atoms with Crippen LogP contribution in [0, 0.1) is 5.82 Å². The molecule has 0 unspecified atom stereocenters.